The number of hydrogen-bond donors (Lipinski definition) is 1. The van der Waals surface area contributed by atoms with Gasteiger partial charge in [0.1, 0.15) is 23.7 Å². The average molecular weight is 275 g/mol. The van der Waals surface area contributed by atoms with E-state index >= 15 is 0 Å². The summed E-state index contributed by atoms with van der Waals surface area (Å²) in [5.41, 5.74) is 1.07. The highest BCUT2D eigenvalue weighted by Crippen LogP contribution is 2.41. The van der Waals surface area contributed by atoms with Crippen LogP contribution in [0.4, 0.5) is 0 Å². The van der Waals surface area contributed by atoms with Gasteiger partial charge in [-0.15, -0.1) is 0 Å². The molecule has 110 valence electrons. The minimum atomic E-state index is -0.157. The van der Waals surface area contributed by atoms with Crippen molar-refractivity contribution in [3.8, 4) is 11.5 Å². The van der Waals surface area contributed by atoms with Gasteiger partial charge in [-0.25, -0.2) is 0 Å². The number of fused-ring (bicyclic) bond motifs is 1. The van der Waals surface area contributed by atoms with Crippen molar-refractivity contribution in [1.29, 1.82) is 0 Å². The summed E-state index contributed by atoms with van der Waals surface area (Å²) in [4.78, 5) is 0. The molecule has 0 radical (unpaired) electrons. The predicted molar refractivity (Wildman–Crippen MR) is 82.5 cm³/mol. The number of benzene rings is 1. The Kier molecular flexibility index (Phi) is 4.71. The van der Waals surface area contributed by atoms with Crippen molar-refractivity contribution in [2.45, 2.75) is 45.3 Å². The second-order valence-corrected chi connectivity index (χ2v) is 5.87. The van der Waals surface area contributed by atoms with Crippen LogP contribution in [0.5, 0.6) is 11.5 Å². The molecule has 0 bridgehead atoms. The van der Waals surface area contributed by atoms with Crippen molar-refractivity contribution in [3.63, 3.8) is 0 Å². The lowest BCUT2D eigenvalue weighted by atomic mass is 9.89. The molecule has 0 saturated heterocycles. The maximum absolute atomic E-state index is 6.10. The SMILES string of the molecule is C=CCOc1ccc2c(c1)OC(C)(C)CC2NCCC. The van der Waals surface area contributed by atoms with E-state index in [4.69, 9.17) is 9.47 Å². The molecule has 1 aliphatic rings. The van der Waals surface area contributed by atoms with Gasteiger partial charge in [-0.1, -0.05) is 25.6 Å². The van der Waals surface area contributed by atoms with Gasteiger partial charge >= 0.3 is 0 Å². The zero-order valence-corrected chi connectivity index (χ0v) is 12.7. The van der Waals surface area contributed by atoms with Crippen molar-refractivity contribution < 1.29 is 9.47 Å². The van der Waals surface area contributed by atoms with E-state index < -0.39 is 0 Å². The summed E-state index contributed by atoms with van der Waals surface area (Å²) in [7, 11) is 0. The first kappa shape index (κ1) is 14.9. The first-order valence-corrected chi connectivity index (χ1v) is 7.36. The van der Waals surface area contributed by atoms with Gasteiger partial charge < -0.3 is 14.8 Å². The van der Waals surface area contributed by atoms with Crippen LogP contribution in [0.25, 0.3) is 0 Å². The molecule has 2 rings (SSSR count). The molecule has 1 heterocycles. The molecule has 1 aromatic rings. The molecular weight excluding hydrogens is 250 g/mol. The van der Waals surface area contributed by atoms with Crippen molar-refractivity contribution in [3.05, 3.63) is 36.4 Å². The molecule has 1 unspecified atom stereocenters. The molecule has 0 aromatic heterocycles. The zero-order valence-electron chi connectivity index (χ0n) is 12.7. The van der Waals surface area contributed by atoms with Crippen LogP contribution in [0.2, 0.25) is 0 Å². The van der Waals surface area contributed by atoms with Crippen molar-refractivity contribution in [2.24, 2.45) is 0 Å². The standard InChI is InChI=1S/C17H25NO2/c1-5-9-18-15-12-17(3,4)20-16-11-13(19-10-6-2)7-8-14(15)16/h6-8,11,15,18H,2,5,9-10,12H2,1,3-4H3. The van der Waals surface area contributed by atoms with Crippen LogP contribution in [-0.4, -0.2) is 18.8 Å². The van der Waals surface area contributed by atoms with Crippen LogP contribution in [0.3, 0.4) is 0 Å². The molecule has 1 aromatic carbocycles. The Hall–Kier alpha value is -1.48. The molecule has 0 fully saturated rings. The highest BCUT2D eigenvalue weighted by molar-refractivity contribution is 5.44. The predicted octanol–water partition coefficient (Wildman–Crippen LogP) is 3.85. The maximum atomic E-state index is 6.10. The van der Waals surface area contributed by atoms with E-state index in [9.17, 15) is 0 Å². The summed E-state index contributed by atoms with van der Waals surface area (Å²) in [6, 6.07) is 6.45. The van der Waals surface area contributed by atoms with Gasteiger partial charge in [-0.2, -0.15) is 0 Å². The Morgan fingerprint density at radius 2 is 2.30 bits per heavy atom. The van der Waals surface area contributed by atoms with Gasteiger partial charge in [0.25, 0.3) is 0 Å². The summed E-state index contributed by atoms with van der Waals surface area (Å²) in [5.74, 6) is 1.76. The third-order valence-corrected chi connectivity index (χ3v) is 3.45. The lowest BCUT2D eigenvalue weighted by Crippen LogP contribution is -2.39. The topological polar surface area (TPSA) is 30.5 Å². The Morgan fingerprint density at radius 1 is 1.50 bits per heavy atom. The van der Waals surface area contributed by atoms with E-state index in [1.807, 2.05) is 12.1 Å². The van der Waals surface area contributed by atoms with Crippen LogP contribution < -0.4 is 14.8 Å². The molecule has 1 aliphatic heterocycles. The third-order valence-electron chi connectivity index (χ3n) is 3.45. The maximum Gasteiger partial charge on any atom is 0.128 e. The van der Waals surface area contributed by atoms with Gasteiger partial charge in [0.15, 0.2) is 0 Å². The Morgan fingerprint density at radius 3 is 3.00 bits per heavy atom. The summed E-state index contributed by atoms with van der Waals surface area (Å²) in [5, 5.41) is 3.61. The number of nitrogens with one attached hydrogen (secondary N) is 1. The normalized spacial score (nSPS) is 19.9. The lowest BCUT2D eigenvalue weighted by Gasteiger charge is -2.38. The number of rotatable bonds is 6. The smallest absolute Gasteiger partial charge is 0.128 e. The van der Waals surface area contributed by atoms with Crippen molar-refractivity contribution >= 4 is 0 Å². The monoisotopic (exact) mass is 275 g/mol. The zero-order chi connectivity index (χ0) is 14.6. The molecule has 20 heavy (non-hydrogen) atoms. The molecule has 3 heteroatoms. The fourth-order valence-corrected chi connectivity index (χ4v) is 2.58. The van der Waals surface area contributed by atoms with Crippen molar-refractivity contribution in [1.82, 2.24) is 5.32 Å². The Balaban J connectivity index is 2.24. The van der Waals surface area contributed by atoms with E-state index in [2.05, 4.69) is 38.7 Å². The molecule has 3 nitrogen and oxygen atoms in total. The van der Waals surface area contributed by atoms with Gasteiger partial charge in [-0.05, 0) is 32.9 Å². The highest BCUT2D eigenvalue weighted by atomic mass is 16.5. The van der Waals surface area contributed by atoms with Gasteiger partial charge in [0.05, 0.1) is 0 Å². The largest absolute Gasteiger partial charge is 0.489 e. The quantitative estimate of drug-likeness (QED) is 0.800. The highest BCUT2D eigenvalue weighted by Gasteiger charge is 2.33. The van der Waals surface area contributed by atoms with E-state index in [1.54, 1.807) is 6.08 Å². The molecular formula is C17H25NO2. The van der Waals surface area contributed by atoms with E-state index in [1.165, 1.54) is 5.56 Å². The van der Waals surface area contributed by atoms with Crippen molar-refractivity contribution in [2.75, 3.05) is 13.2 Å². The molecule has 1 N–H and O–H groups in total. The van der Waals surface area contributed by atoms with Gasteiger partial charge in [-0.3, -0.25) is 0 Å². The first-order valence-electron chi connectivity index (χ1n) is 7.36. The van der Waals surface area contributed by atoms with E-state index in [0.717, 1.165) is 30.9 Å². The molecule has 0 aliphatic carbocycles. The summed E-state index contributed by atoms with van der Waals surface area (Å²) in [6.45, 7) is 11.7. The Labute approximate surface area is 122 Å². The molecule has 1 atom stereocenters. The summed E-state index contributed by atoms with van der Waals surface area (Å²) >= 11 is 0. The average Bonchev–Trinajstić information content (AvgIpc) is 2.40. The molecule has 0 amide bonds. The second kappa shape index (κ2) is 6.31. The molecule has 0 spiro atoms. The summed E-state index contributed by atoms with van der Waals surface area (Å²) in [6.07, 6.45) is 3.86. The van der Waals surface area contributed by atoms with Crippen LogP contribution in [0.1, 0.15) is 45.2 Å². The van der Waals surface area contributed by atoms with Gasteiger partial charge in [0, 0.05) is 24.1 Å². The Bertz CT molecular complexity index is 468. The first-order chi connectivity index (χ1) is 9.55. The van der Waals surface area contributed by atoms with Crippen LogP contribution in [0, 0.1) is 0 Å². The van der Waals surface area contributed by atoms with Crippen LogP contribution >= 0.6 is 0 Å². The van der Waals surface area contributed by atoms with Gasteiger partial charge in [0.2, 0.25) is 0 Å². The molecule has 0 saturated carbocycles. The van der Waals surface area contributed by atoms with Crippen LogP contribution in [-0.2, 0) is 0 Å². The fraction of sp³-hybridized carbons (Fsp3) is 0.529. The minimum Gasteiger partial charge on any atom is -0.489 e. The number of ether oxygens (including phenoxy) is 2. The van der Waals surface area contributed by atoms with E-state index in [-0.39, 0.29) is 5.60 Å². The summed E-state index contributed by atoms with van der Waals surface area (Å²) < 4.78 is 11.7. The van der Waals surface area contributed by atoms with Crippen LogP contribution in [0.15, 0.2) is 30.9 Å². The third kappa shape index (κ3) is 3.54. The minimum absolute atomic E-state index is 0.157. The van der Waals surface area contributed by atoms with E-state index in [0.29, 0.717) is 12.6 Å². The fourth-order valence-electron chi connectivity index (χ4n) is 2.58. The second-order valence-electron chi connectivity index (χ2n) is 5.87. The number of hydrogen-bond acceptors (Lipinski definition) is 3. The lowest BCUT2D eigenvalue weighted by molar-refractivity contribution is 0.0658.